The van der Waals surface area contributed by atoms with E-state index in [-0.39, 0.29) is 6.04 Å². The number of hydrogen-bond donors (Lipinski definition) is 3. The summed E-state index contributed by atoms with van der Waals surface area (Å²) < 4.78 is 0. The van der Waals surface area contributed by atoms with Crippen LogP contribution in [0.15, 0.2) is 12.3 Å². The van der Waals surface area contributed by atoms with Crippen LogP contribution in [0, 0.1) is 6.92 Å². The second-order valence-electron chi connectivity index (χ2n) is 3.97. The number of pyridine rings is 1. The zero-order valence-electron chi connectivity index (χ0n) is 9.49. The number of nitrogens with two attached hydrogens (primary N) is 2. The third kappa shape index (κ3) is 3.16. The Morgan fingerprint density at radius 2 is 2.20 bits per heavy atom. The Labute approximate surface area is 90.4 Å². The molecular weight excluding hydrogens is 190 g/mol. The molecule has 5 N–H and O–H groups in total. The topological polar surface area (TPSA) is 80.2 Å². The molecule has 1 aromatic heterocycles. The van der Waals surface area contributed by atoms with E-state index in [0.717, 1.165) is 17.7 Å². The molecule has 0 saturated heterocycles. The second kappa shape index (κ2) is 5.06. The quantitative estimate of drug-likeness (QED) is 0.482. The first-order chi connectivity index (χ1) is 7.04. The fourth-order valence-electron chi connectivity index (χ4n) is 1.49. The molecule has 0 radical (unpaired) electrons. The molecule has 5 heteroatoms. The minimum atomic E-state index is 0.00685. The maximum Gasteiger partial charge on any atom is 0.128 e. The van der Waals surface area contributed by atoms with Crippen molar-refractivity contribution in [3.63, 3.8) is 0 Å². The second-order valence-corrected chi connectivity index (χ2v) is 3.97. The highest BCUT2D eigenvalue weighted by Gasteiger charge is 2.14. The number of nitrogen functional groups attached to an aromatic ring is 1. The SMILES string of the molecule is Cc1cnc(N)c(C(CN(C)C)NN)c1. The Morgan fingerprint density at radius 1 is 1.53 bits per heavy atom. The van der Waals surface area contributed by atoms with Gasteiger partial charge < -0.3 is 10.6 Å². The zero-order chi connectivity index (χ0) is 11.4. The first-order valence-corrected chi connectivity index (χ1v) is 4.87. The number of aromatic nitrogens is 1. The molecule has 1 unspecified atom stereocenters. The van der Waals surface area contributed by atoms with Gasteiger partial charge in [0.25, 0.3) is 0 Å². The van der Waals surface area contributed by atoms with Gasteiger partial charge >= 0.3 is 0 Å². The van der Waals surface area contributed by atoms with Crippen LogP contribution in [-0.2, 0) is 0 Å². The lowest BCUT2D eigenvalue weighted by Crippen LogP contribution is -2.36. The van der Waals surface area contributed by atoms with Gasteiger partial charge in [0, 0.05) is 18.3 Å². The van der Waals surface area contributed by atoms with E-state index in [1.807, 2.05) is 32.0 Å². The zero-order valence-corrected chi connectivity index (χ0v) is 9.49. The molecule has 0 aliphatic carbocycles. The van der Waals surface area contributed by atoms with Crippen molar-refractivity contribution in [3.05, 3.63) is 23.4 Å². The lowest BCUT2D eigenvalue weighted by molar-refractivity contribution is 0.344. The molecule has 0 bridgehead atoms. The molecule has 5 nitrogen and oxygen atoms in total. The van der Waals surface area contributed by atoms with Crippen LogP contribution in [0.2, 0.25) is 0 Å². The van der Waals surface area contributed by atoms with Crippen LogP contribution in [0.1, 0.15) is 17.2 Å². The van der Waals surface area contributed by atoms with Crippen molar-refractivity contribution in [3.8, 4) is 0 Å². The fourth-order valence-corrected chi connectivity index (χ4v) is 1.49. The number of hydrazine groups is 1. The van der Waals surface area contributed by atoms with Crippen molar-refractivity contribution in [1.82, 2.24) is 15.3 Å². The maximum atomic E-state index is 5.82. The molecule has 0 aliphatic heterocycles. The average molecular weight is 209 g/mol. The molecule has 15 heavy (non-hydrogen) atoms. The Balaban J connectivity index is 2.95. The van der Waals surface area contributed by atoms with Gasteiger partial charge in [-0.2, -0.15) is 0 Å². The van der Waals surface area contributed by atoms with Crippen molar-refractivity contribution in [2.45, 2.75) is 13.0 Å². The largest absolute Gasteiger partial charge is 0.383 e. The number of rotatable bonds is 4. The molecule has 0 saturated carbocycles. The highest BCUT2D eigenvalue weighted by molar-refractivity contribution is 5.43. The molecule has 0 amide bonds. The first-order valence-electron chi connectivity index (χ1n) is 4.87. The molecule has 1 heterocycles. The van der Waals surface area contributed by atoms with E-state index in [4.69, 9.17) is 11.6 Å². The van der Waals surface area contributed by atoms with Crippen molar-refractivity contribution in [2.75, 3.05) is 26.4 Å². The minimum Gasteiger partial charge on any atom is -0.383 e. The molecule has 1 aromatic rings. The van der Waals surface area contributed by atoms with Gasteiger partial charge in [0.05, 0.1) is 6.04 Å². The van der Waals surface area contributed by atoms with Crippen molar-refractivity contribution < 1.29 is 0 Å². The van der Waals surface area contributed by atoms with Crippen LogP contribution in [0.3, 0.4) is 0 Å². The van der Waals surface area contributed by atoms with Crippen molar-refractivity contribution in [1.29, 1.82) is 0 Å². The van der Waals surface area contributed by atoms with Gasteiger partial charge in [0.15, 0.2) is 0 Å². The lowest BCUT2D eigenvalue weighted by Gasteiger charge is -2.21. The van der Waals surface area contributed by atoms with Crippen molar-refractivity contribution >= 4 is 5.82 Å². The predicted octanol–water partition coefficient (Wildman–Crippen LogP) is 0.0382. The van der Waals surface area contributed by atoms with E-state index in [0.29, 0.717) is 5.82 Å². The molecule has 0 aromatic carbocycles. The van der Waals surface area contributed by atoms with Crippen LogP contribution in [-0.4, -0.2) is 30.5 Å². The van der Waals surface area contributed by atoms with Crippen LogP contribution in [0.25, 0.3) is 0 Å². The monoisotopic (exact) mass is 209 g/mol. The average Bonchev–Trinajstić information content (AvgIpc) is 2.18. The number of anilines is 1. The fraction of sp³-hybridized carbons (Fsp3) is 0.500. The Bertz CT molecular complexity index is 324. The molecule has 1 atom stereocenters. The summed E-state index contributed by atoms with van der Waals surface area (Å²) in [6.45, 7) is 2.77. The summed E-state index contributed by atoms with van der Waals surface area (Å²) in [6.07, 6.45) is 1.75. The minimum absolute atomic E-state index is 0.00685. The molecule has 0 aliphatic rings. The molecule has 84 valence electrons. The third-order valence-corrected chi connectivity index (χ3v) is 2.21. The van der Waals surface area contributed by atoms with Gasteiger partial charge in [-0.25, -0.2) is 4.98 Å². The highest BCUT2D eigenvalue weighted by Crippen LogP contribution is 2.19. The number of likely N-dealkylation sites (N-methyl/N-ethyl adjacent to an activating group) is 1. The summed E-state index contributed by atoms with van der Waals surface area (Å²) in [4.78, 5) is 6.17. The number of nitrogens with zero attached hydrogens (tertiary/aromatic N) is 2. The van der Waals surface area contributed by atoms with Gasteiger partial charge in [-0.05, 0) is 32.6 Å². The number of hydrogen-bond acceptors (Lipinski definition) is 5. The summed E-state index contributed by atoms with van der Waals surface area (Å²) in [5, 5.41) is 0. The summed E-state index contributed by atoms with van der Waals surface area (Å²) in [6, 6.07) is 2.02. The van der Waals surface area contributed by atoms with Gasteiger partial charge in [-0.15, -0.1) is 0 Å². The van der Waals surface area contributed by atoms with E-state index in [9.17, 15) is 0 Å². The van der Waals surface area contributed by atoms with Crippen LogP contribution >= 0.6 is 0 Å². The van der Waals surface area contributed by atoms with E-state index in [1.165, 1.54) is 0 Å². The van der Waals surface area contributed by atoms with E-state index >= 15 is 0 Å². The van der Waals surface area contributed by atoms with Crippen LogP contribution < -0.4 is 17.0 Å². The molecule has 0 spiro atoms. The predicted molar refractivity (Wildman–Crippen MR) is 62.0 cm³/mol. The van der Waals surface area contributed by atoms with E-state index in [2.05, 4.69) is 10.4 Å². The van der Waals surface area contributed by atoms with Gasteiger partial charge in [0.2, 0.25) is 0 Å². The molecule has 1 rings (SSSR count). The standard InChI is InChI=1S/C10H19N5/c1-7-4-8(10(11)13-5-7)9(14-12)6-15(2)3/h4-5,9,14H,6,12H2,1-3H3,(H2,11,13). The smallest absolute Gasteiger partial charge is 0.128 e. The first kappa shape index (κ1) is 11.9. The third-order valence-electron chi connectivity index (χ3n) is 2.21. The summed E-state index contributed by atoms with van der Waals surface area (Å²) in [7, 11) is 3.98. The van der Waals surface area contributed by atoms with E-state index < -0.39 is 0 Å². The van der Waals surface area contributed by atoms with Crippen molar-refractivity contribution in [2.24, 2.45) is 5.84 Å². The summed E-state index contributed by atoms with van der Waals surface area (Å²) >= 11 is 0. The summed E-state index contributed by atoms with van der Waals surface area (Å²) in [5.74, 6) is 6.04. The molecule has 0 fully saturated rings. The summed E-state index contributed by atoms with van der Waals surface area (Å²) in [5.41, 5.74) is 10.6. The van der Waals surface area contributed by atoms with Crippen LogP contribution in [0.5, 0.6) is 0 Å². The Hall–Kier alpha value is -1.17. The number of nitrogens with one attached hydrogen (secondary N) is 1. The van der Waals surface area contributed by atoms with E-state index in [1.54, 1.807) is 6.20 Å². The van der Waals surface area contributed by atoms with Gasteiger partial charge in [0.1, 0.15) is 5.82 Å². The number of aryl methyl sites for hydroxylation is 1. The van der Waals surface area contributed by atoms with Gasteiger partial charge in [-0.3, -0.25) is 11.3 Å². The van der Waals surface area contributed by atoms with Gasteiger partial charge in [-0.1, -0.05) is 0 Å². The Kier molecular flexibility index (Phi) is 4.02. The Morgan fingerprint density at radius 3 is 2.73 bits per heavy atom. The lowest BCUT2D eigenvalue weighted by atomic mass is 10.1. The normalized spacial score (nSPS) is 13.1. The highest BCUT2D eigenvalue weighted by atomic mass is 15.3. The molecular formula is C10H19N5. The van der Waals surface area contributed by atoms with Crippen LogP contribution in [0.4, 0.5) is 5.82 Å². The maximum absolute atomic E-state index is 5.82.